The molecule has 0 aliphatic heterocycles. The zero-order valence-corrected chi connectivity index (χ0v) is 7.67. The monoisotopic (exact) mass is 196 g/mol. The molecule has 0 aliphatic rings. The van der Waals surface area contributed by atoms with Gasteiger partial charge in [-0.3, -0.25) is 0 Å². The first kappa shape index (κ1) is 12.3. The Morgan fingerprint density at radius 3 is 2.46 bits per heavy atom. The van der Waals surface area contributed by atoms with Crippen LogP contribution >= 0.6 is 0 Å². The normalized spacial score (nSPS) is 11.4. The molecule has 0 atom stereocenters. The van der Waals surface area contributed by atoms with E-state index in [-0.39, 0.29) is 0 Å². The molecule has 0 spiro atoms. The van der Waals surface area contributed by atoms with Crippen molar-refractivity contribution in [3.05, 3.63) is 12.3 Å². The molecule has 0 aromatic rings. The smallest absolute Gasteiger partial charge is 0.380 e. The van der Waals surface area contributed by atoms with Gasteiger partial charge in [-0.2, -0.15) is 13.2 Å². The Bertz CT molecular complexity index is 154. The maximum Gasteiger partial charge on any atom is 0.405 e. The predicted molar refractivity (Wildman–Crippen MR) is 46.4 cm³/mol. The molecule has 2 nitrogen and oxygen atoms in total. The van der Waals surface area contributed by atoms with Crippen molar-refractivity contribution in [2.45, 2.75) is 19.0 Å². The topological polar surface area (TPSA) is 24.1 Å². The lowest BCUT2D eigenvalue weighted by molar-refractivity contribution is -0.123. The zero-order chi connectivity index (χ0) is 10.3. The highest BCUT2D eigenvalue weighted by molar-refractivity contribution is 4.91. The first-order valence-electron chi connectivity index (χ1n) is 4.08. The van der Waals surface area contributed by atoms with Gasteiger partial charge in [0.25, 0.3) is 0 Å². The van der Waals surface area contributed by atoms with Gasteiger partial charge in [-0.1, -0.05) is 6.58 Å². The number of alkyl halides is 3. The maximum absolute atomic E-state index is 11.7. The molecule has 5 heteroatoms. The molecule has 0 radical (unpaired) electrons. The summed E-state index contributed by atoms with van der Waals surface area (Å²) in [5.41, 5.74) is 0.438. The third kappa shape index (κ3) is 9.20. The fourth-order valence-electron chi connectivity index (χ4n) is 0.792. The van der Waals surface area contributed by atoms with Crippen molar-refractivity contribution in [1.29, 1.82) is 0 Å². The van der Waals surface area contributed by atoms with Gasteiger partial charge in [-0.15, -0.1) is 0 Å². The van der Waals surface area contributed by atoms with Crippen LogP contribution in [0.1, 0.15) is 12.8 Å². The third-order valence-corrected chi connectivity index (χ3v) is 1.44. The number of hydrogen-bond donors (Lipinski definition) is 2. The molecule has 0 unspecified atom stereocenters. The van der Waals surface area contributed by atoms with E-state index >= 15 is 0 Å². The standard InChI is InChI=1S/C8H15F3N2/c1-7(4-3-5-12-2)13-6-8(9,10)11/h12-13H,1,3-6H2,2H3. The van der Waals surface area contributed by atoms with E-state index in [2.05, 4.69) is 17.2 Å². The van der Waals surface area contributed by atoms with E-state index in [1.54, 1.807) is 7.05 Å². The third-order valence-electron chi connectivity index (χ3n) is 1.44. The van der Waals surface area contributed by atoms with Crippen LogP contribution in [0.4, 0.5) is 13.2 Å². The highest BCUT2D eigenvalue weighted by Crippen LogP contribution is 2.13. The predicted octanol–water partition coefficient (Wildman–Crippen LogP) is 1.65. The summed E-state index contributed by atoms with van der Waals surface area (Å²) in [6, 6.07) is 0. The van der Waals surface area contributed by atoms with E-state index in [4.69, 9.17) is 0 Å². The van der Waals surface area contributed by atoms with Crippen molar-refractivity contribution in [2.24, 2.45) is 0 Å². The van der Waals surface area contributed by atoms with Gasteiger partial charge in [0.05, 0.1) is 0 Å². The molecular formula is C8H15F3N2. The van der Waals surface area contributed by atoms with Gasteiger partial charge in [0.15, 0.2) is 0 Å². The molecule has 0 aromatic carbocycles. The molecule has 0 aromatic heterocycles. The second-order valence-corrected chi connectivity index (χ2v) is 2.78. The van der Waals surface area contributed by atoms with Crippen LogP contribution in [0, 0.1) is 0 Å². The van der Waals surface area contributed by atoms with Crippen LogP contribution in [0.5, 0.6) is 0 Å². The first-order valence-corrected chi connectivity index (χ1v) is 4.08. The summed E-state index contributed by atoms with van der Waals surface area (Å²) in [6.07, 6.45) is -2.80. The molecule has 13 heavy (non-hydrogen) atoms. The van der Waals surface area contributed by atoms with Gasteiger partial charge in [0.2, 0.25) is 0 Å². The Morgan fingerprint density at radius 2 is 2.00 bits per heavy atom. The van der Waals surface area contributed by atoms with Crippen molar-refractivity contribution < 1.29 is 13.2 Å². The lowest BCUT2D eigenvalue weighted by Gasteiger charge is -2.11. The SMILES string of the molecule is C=C(CCCNC)NCC(F)(F)F. The lowest BCUT2D eigenvalue weighted by Crippen LogP contribution is -2.28. The van der Waals surface area contributed by atoms with E-state index in [1.165, 1.54) is 0 Å². The van der Waals surface area contributed by atoms with Crippen molar-refractivity contribution in [3.63, 3.8) is 0 Å². The van der Waals surface area contributed by atoms with Crippen molar-refractivity contribution in [1.82, 2.24) is 10.6 Å². The summed E-state index contributed by atoms with van der Waals surface area (Å²) in [5, 5.41) is 5.14. The van der Waals surface area contributed by atoms with Crippen LogP contribution in [-0.4, -0.2) is 26.3 Å². The summed E-state index contributed by atoms with van der Waals surface area (Å²) in [6.45, 7) is 3.28. The largest absolute Gasteiger partial charge is 0.405 e. The lowest BCUT2D eigenvalue weighted by atomic mass is 10.2. The van der Waals surface area contributed by atoms with E-state index in [0.717, 1.165) is 13.0 Å². The van der Waals surface area contributed by atoms with Crippen molar-refractivity contribution >= 4 is 0 Å². The Hall–Kier alpha value is -0.710. The highest BCUT2D eigenvalue weighted by Gasteiger charge is 2.26. The number of halogens is 3. The molecule has 0 heterocycles. The molecule has 0 saturated heterocycles. The Labute approximate surface area is 76.2 Å². The first-order chi connectivity index (χ1) is 5.95. The Kier molecular flexibility index (Phi) is 5.53. The van der Waals surface area contributed by atoms with Gasteiger partial charge >= 0.3 is 6.18 Å². The Balaban J connectivity index is 3.41. The van der Waals surface area contributed by atoms with Crippen LogP contribution in [0.25, 0.3) is 0 Å². The number of allylic oxidation sites excluding steroid dienone is 1. The minimum atomic E-state index is -4.16. The zero-order valence-electron chi connectivity index (χ0n) is 7.67. The maximum atomic E-state index is 11.7. The molecule has 0 bridgehead atoms. The molecule has 0 fully saturated rings. The summed E-state index contributed by atoms with van der Waals surface area (Å²) in [4.78, 5) is 0. The highest BCUT2D eigenvalue weighted by atomic mass is 19.4. The quantitative estimate of drug-likeness (QED) is 0.631. The molecule has 0 amide bonds. The van der Waals surface area contributed by atoms with Gasteiger partial charge < -0.3 is 10.6 Å². The van der Waals surface area contributed by atoms with Crippen LogP contribution in [0.2, 0.25) is 0 Å². The summed E-state index contributed by atoms with van der Waals surface area (Å²) in [5.74, 6) is 0. The fraction of sp³-hybridized carbons (Fsp3) is 0.750. The molecular weight excluding hydrogens is 181 g/mol. The Morgan fingerprint density at radius 1 is 1.38 bits per heavy atom. The number of rotatable bonds is 6. The average Bonchev–Trinajstić information content (AvgIpc) is 2.00. The number of hydrogen-bond acceptors (Lipinski definition) is 2. The second kappa shape index (κ2) is 5.85. The summed E-state index contributed by atoms with van der Waals surface area (Å²) >= 11 is 0. The van der Waals surface area contributed by atoms with Gasteiger partial charge in [-0.25, -0.2) is 0 Å². The van der Waals surface area contributed by atoms with Crippen LogP contribution in [0.15, 0.2) is 12.3 Å². The second-order valence-electron chi connectivity index (χ2n) is 2.78. The van der Waals surface area contributed by atoms with Gasteiger partial charge in [0.1, 0.15) is 6.54 Å². The summed E-state index contributed by atoms with van der Waals surface area (Å²) < 4.78 is 35.1. The van der Waals surface area contributed by atoms with E-state index in [9.17, 15) is 13.2 Å². The van der Waals surface area contributed by atoms with Crippen LogP contribution in [-0.2, 0) is 0 Å². The van der Waals surface area contributed by atoms with Crippen molar-refractivity contribution in [2.75, 3.05) is 20.1 Å². The van der Waals surface area contributed by atoms with Gasteiger partial charge in [-0.05, 0) is 26.4 Å². The van der Waals surface area contributed by atoms with E-state index in [0.29, 0.717) is 12.1 Å². The summed E-state index contributed by atoms with van der Waals surface area (Å²) in [7, 11) is 1.80. The van der Waals surface area contributed by atoms with Crippen molar-refractivity contribution in [3.8, 4) is 0 Å². The van der Waals surface area contributed by atoms with Gasteiger partial charge in [0, 0.05) is 5.70 Å². The van der Waals surface area contributed by atoms with Crippen LogP contribution < -0.4 is 10.6 Å². The minimum Gasteiger partial charge on any atom is -0.380 e. The number of nitrogens with one attached hydrogen (secondary N) is 2. The van der Waals surface area contributed by atoms with E-state index in [1.807, 2.05) is 0 Å². The molecule has 2 N–H and O–H groups in total. The molecule has 0 saturated carbocycles. The fourth-order valence-corrected chi connectivity index (χ4v) is 0.792. The van der Waals surface area contributed by atoms with E-state index < -0.39 is 12.7 Å². The van der Waals surface area contributed by atoms with Crippen LogP contribution in [0.3, 0.4) is 0 Å². The minimum absolute atomic E-state index is 0.438. The molecule has 78 valence electrons. The molecule has 0 aliphatic carbocycles. The average molecular weight is 196 g/mol. The molecule has 0 rings (SSSR count).